The average molecular weight is 425 g/mol. The lowest BCUT2D eigenvalue weighted by Crippen LogP contribution is -2.53. The van der Waals surface area contributed by atoms with Gasteiger partial charge in [0.2, 0.25) is 0 Å². The third kappa shape index (κ3) is 5.16. The van der Waals surface area contributed by atoms with E-state index in [2.05, 4.69) is 0 Å². The van der Waals surface area contributed by atoms with E-state index in [9.17, 15) is 24.6 Å². The van der Waals surface area contributed by atoms with Gasteiger partial charge in [-0.2, -0.15) is 0 Å². The summed E-state index contributed by atoms with van der Waals surface area (Å²) in [6.45, 7) is 5.05. The van der Waals surface area contributed by atoms with Crippen molar-refractivity contribution in [1.29, 1.82) is 0 Å². The van der Waals surface area contributed by atoms with Crippen LogP contribution in [-0.4, -0.2) is 47.4 Å². The van der Waals surface area contributed by atoms with Gasteiger partial charge in [-0.05, 0) is 81.5 Å². The summed E-state index contributed by atoms with van der Waals surface area (Å²) >= 11 is 0. The molecule has 3 atom stereocenters. The fraction of sp³-hybridized carbons (Fsp3) is 0.870. The number of ether oxygens (including phenoxy) is 2. The van der Waals surface area contributed by atoms with E-state index in [4.69, 9.17) is 9.47 Å². The molecule has 4 saturated carbocycles. The molecule has 170 valence electrons. The number of rotatable bonds is 10. The maximum absolute atomic E-state index is 12.5. The van der Waals surface area contributed by atoms with E-state index in [1.54, 1.807) is 13.8 Å². The Balaban J connectivity index is 1.49. The van der Waals surface area contributed by atoms with Crippen LogP contribution in [0.2, 0.25) is 0 Å². The highest BCUT2D eigenvalue weighted by Crippen LogP contribution is 2.67. The third-order valence-corrected chi connectivity index (χ3v) is 7.63. The predicted octanol–water partition coefficient (Wildman–Crippen LogP) is 3.32. The first-order chi connectivity index (χ1) is 14.0. The summed E-state index contributed by atoms with van der Waals surface area (Å²) in [5.41, 5.74) is -0.948. The SMILES string of the molecule is CCC(C)(C)C(=O)OCC(O)COC(=O)CC12CC3CC(CC(CC(=O)O)(C3)C1)C2. The molecule has 0 aromatic rings. The maximum Gasteiger partial charge on any atom is 0.311 e. The van der Waals surface area contributed by atoms with Crippen LogP contribution in [0.15, 0.2) is 0 Å². The van der Waals surface area contributed by atoms with E-state index in [0.717, 1.165) is 38.5 Å². The molecule has 3 unspecified atom stereocenters. The number of carbonyl (C=O) groups is 3. The lowest BCUT2D eigenvalue weighted by molar-refractivity contribution is -0.166. The summed E-state index contributed by atoms with van der Waals surface area (Å²) in [6.07, 6.45) is 5.82. The van der Waals surface area contributed by atoms with Crippen LogP contribution in [0.5, 0.6) is 0 Å². The van der Waals surface area contributed by atoms with Crippen LogP contribution in [0, 0.1) is 28.1 Å². The quantitative estimate of drug-likeness (QED) is 0.518. The van der Waals surface area contributed by atoms with Crippen LogP contribution < -0.4 is 0 Å². The van der Waals surface area contributed by atoms with Crippen molar-refractivity contribution in [2.75, 3.05) is 13.2 Å². The number of aliphatic hydroxyl groups is 1. The van der Waals surface area contributed by atoms with E-state index in [-0.39, 0.29) is 48.8 Å². The molecule has 0 spiro atoms. The number of esters is 2. The fourth-order valence-corrected chi connectivity index (χ4v) is 6.49. The molecule has 4 rings (SSSR count). The molecule has 0 aliphatic heterocycles. The molecule has 7 nitrogen and oxygen atoms in total. The monoisotopic (exact) mass is 424 g/mol. The Kier molecular flexibility index (Phi) is 6.51. The van der Waals surface area contributed by atoms with Gasteiger partial charge in [0.05, 0.1) is 18.3 Å². The van der Waals surface area contributed by atoms with Crippen molar-refractivity contribution in [3.8, 4) is 0 Å². The topological polar surface area (TPSA) is 110 Å². The van der Waals surface area contributed by atoms with Crippen LogP contribution in [0.4, 0.5) is 0 Å². The minimum absolute atomic E-state index is 0.167. The number of carbonyl (C=O) groups excluding carboxylic acids is 2. The van der Waals surface area contributed by atoms with Gasteiger partial charge in [0.1, 0.15) is 19.3 Å². The number of carboxylic acid groups (broad SMARTS) is 1. The van der Waals surface area contributed by atoms with Crippen molar-refractivity contribution in [2.24, 2.45) is 28.1 Å². The van der Waals surface area contributed by atoms with Gasteiger partial charge in [0, 0.05) is 0 Å². The van der Waals surface area contributed by atoms with Crippen LogP contribution >= 0.6 is 0 Å². The molecule has 4 aliphatic rings. The summed E-state index contributed by atoms with van der Waals surface area (Å²) in [6, 6.07) is 0. The smallest absolute Gasteiger partial charge is 0.311 e. The molecule has 0 radical (unpaired) electrons. The summed E-state index contributed by atoms with van der Waals surface area (Å²) in [7, 11) is 0. The second kappa shape index (κ2) is 8.48. The van der Waals surface area contributed by atoms with Crippen molar-refractivity contribution < 1.29 is 34.1 Å². The van der Waals surface area contributed by atoms with Crippen molar-refractivity contribution in [3.05, 3.63) is 0 Å². The zero-order valence-corrected chi connectivity index (χ0v) is 18.4. The molecular weight excluding hydrogens is 388 g/mol. The molecule has 2 N–H and O–H groups in total. The Hall–Kier alpha value is -1.63. The maximum atomic E-state index is 12.5. The molecule has 30 heavy (non-hydrogen) atoms. The highest BCUT2D eigenvalue weighted by molar-refractivity contribution is 5.75. The van der Waals surface area contributed by atoms with Gasteiger partial charge in [-0.3, -0.25) is 14.4 Å². The third-order valence-electron chi connectivity index (χ3n) is 7.63. The fourth-order valence-electron chi connectivity index (χ4n) is 6.49. The number of aliphatic carboxylic acids is 1. The highest BCUT2D eigenvalue weighted by atomic mass is 16.6. The molecule has 0 heterocycles. The Morgan fingerprint density at radius 3 is 2.07 bits per heavy atom. The van der Waals surface area contributed by atoms with E-state index in [1.165, 1.54) is 0 Å². The molecule has 0 aromatic heterocycles. The summed E-state index contributed by atoms with van der Waals surface area (Å²) in [4.78, 5) is 35.9. The molecule has 4 bridgehead atoms. The minimum Gasteiger partial charge on any atom is -0.481 e. The molecule has 0 aromatic carbocycles. The van der Waals surface area contributed by atoms with Gasteiger partial charge >= 0.3 is 17.9 Å². The van der Waals surface area contributed by atoms with Crippen LogP contribution in [0.3, 0.4) is 0 Å². The molecule has 7 heteroatoms. The predicted molar refractivity (Wildman–Crippen MR) is 108 cm³/mol. The highest BCUT2D eigenvalue weighted by Gasteiger charge is 2.58. The first kappa shape index (κ1) is 23.0. The van der Waals surface area contributed by atoms with Gasteiger partial charge in [-0.25, -0.2) is 0 Å². The summed E-state index contributed by atoms with van der Waals surface area (Å²) in [5, 5.41) is 19.4. The van der Waals surface area contributed by atoms with Crippen LogP contribution in [0.25, 0.3) is 0 Å². The molecule has 4 fully saturated rings. The van der Waals surface area contributed by atoms with Gasteiger partial charge in [-0.15, -0.1) is 0 Å². The molecular formula is C23H36O7. The van der Waals surface area contributed by atoms with Gasteiger partial charge < -0.3 is 19.7 Å². The van der Waals surface area contributed by atoms with E-state index in [1.807, 2.05) is 6.92 Å². The largest absolute Gasteiger partial charge is 0.481 e. The molecule has 0 amide bonds. The Morgan fingerprint density at radius 2 is 1.53 bits per heavy atom. The first-order valence-corrected chi connectivity index (χ1v) is 11.2. The number of hydrogen-bond acceptors (Lipinski definition) is 6. The second-order valence-electron chi connectivity index (χ2n) is 10.9. The van der Waals surface area contributed by atoms with E-state index in [0.29, 0.717) is 18.3 Å². The second-order valence-corrected chi connectivity index (χ2v) is 10.9. The lowest BCUT2D eigenvalue weighted by Gasteiger charge is -2.61. The number of hydrogen-bond donors (Lipinski definition) is 2. The first-order valence-electron chi connectivity index (χ1n) is 11.2. The Bertz CT molecular complexity index is 669. The Labute approximate surface area is 178 Å². The van der Waals surface area contributed by atoms with E-state index < -0.39 is 17.5 Å². The molecule has 0 saturated heterocycles. The number of carboxylic acids is 1. The zero-order chi connectivity index (χ0) is 22.2. The zero-order valence-electron chi connectivity index (χ0n) is 18.4. The van der Waals surface area contributed by atoms with Crippen LogP contribution in [-0.2, 0) is 23.9 Å². The lowest BCUT2D eigenvalue weighted by atomic mass is 9.43. The van der Waals surface area contributed by atoms with Gasteiger partial charge in [0.25, 0.3) is 0 Å². The van der Waals surface area contributed by atoms with Crippen molar-refractivity contribution in [2.45, 2.75) is 84.7 Å². The molecule has 4 aliphatic carbocycles. The van der Waals surface area contributed by atoms with Crippen molar-refractivity contribution >= 4 is 17.9 Å². The summed E-state index contributed by atoms with van der Waals surface area (Å²) in [5.74, 6) is -0.483. The van der Waals surface area contributed by atoms with E-state index >= 15 is 0 Å². The van der Waals surface area contributed by atoms with Gasteiger partial charge in [0.15, 0.2) is 0 Å². The van der Waals surface area contributed by atoms with Gasteiger partial charge in [-0.1, -0.05) is 6.92 Å². The number of aliphatic hydroxyl groups excluding tert-OH is 1. The Morgan fingerprint density at radius 1 is 1.00 bits per heavy atom. The van der Waals surface area contributed by atoms with Crippen molar-refractivity contribution in [1.82, 2.24) is 0 Å². The summed E-state index contributed by atoms with van der Waals surface area (Å²) < 4.78 is 10.4. The van der Waals surface area contributed by atoms with Crippen molar-refractivity contribution in [3.63, 3.8) is 0 Å². The average Bonchev–Trinajstić information content (AvgIpc) is 2.61. The normalized spacial score (nSPS) is 33.2. The van der Waals surface area contributed by atoms with Crippen LogP contribution in [0.1, 0.15) is 78.6 Å². The minimum atomic E-state index is -1.06. The standard InChI is InChI=1S/C23H36O7/c1-4-21(2,3)20(28)30-13-17(24)12-29-19(27)11-23-8-15-5-16(9-23)7-22(6-15,14-23)10-18(25)26/h15-17,24H,4-14H2,1-3H3,(H,25,26).